The molecule has 2 heterocycles. The van der Waals surface area contributed by atoms with Gasteiger partial charge in [-0.05, 0) is 37.5 Å². The van der Waals surface area contributed by atoms with Crippen molar-refractivity contribution in [1.29, 1.82) is 5.26 Å². The van der Waals surface area contributed by atoms with Gasteiger partial charge in [-0.15, -0.1) is 0 Å². The minimum absolute atomic E-state index is 0.0503. The first-order valence-corrected chi connectivity index (χ1v) is 13.8. The average Bonchev–Trinajstić information content (AvgIpc) is 3.29. The van der Waals surface area contributed by atoms with Crippen LogP contribution < -0.4 is 5.32 Å². The number of nitrogens with zero attached hydrogens (tertiary/aromatic N) is 3. The fraction of sp³-hybridized carbons (Fsp3) is 0.889. The zero-order valence-electron chi connectivity index (χ0n) is 21.1. The molecule has 0 unspecified atom stereocenters. The highest BCUT2D eigenvalue weighted by Crippen LogP contribution is 2.34. The highest BCUT2D eigenvalue weighted by atomic mass is 16.5. The quantitative estimate of drug-likeness (QED) is 0.613. The standard InChI is InChI=1S/C27H44N4O3/c1-21-7-5-6-10-24(21)31-12-11-27(19-28,20-31)29-26(33)23(17-22-8-3-2-4-9-22)18-25(32)30-13-15-34-16-14-30/h21-24H,2-18,20H2,1H3,(H,29,33)/t21-,23-,24-,27+/m1/s1. The van der Waals surface area contributed by atoms with E-state index in [-0.39, 0.29) is 24.2 Å². The third-order valence-corrected chi connectivity index (χ3v) is 8.91. The summed E-state index contributed by atoms with van der Waals surface area (Å²) in [5.74, 6) is 0.750. The van der Waals surface area contributed by atoms with E-state index in [2.05, 4.69) is 23.2 Å². The van der Waals surface area contributed by atoms with Gasteiger partial charge in [0.1, 0.15) is 5.54 Å². The van der Waals surface area contributed by atoms with Gasteiger partial charge >= 0.3 is 0 Å². The van der Waals surface area contributed by atoms with Gasteiger partial charge in [0.25, 0.3) is 0 Å². The number of carbonyl (C=O) groups is 2. The van der Waals surface area contributed by atoms with Gasteiger partial charge in [-0.2, -0.15) is 5.26 Å². The molecule has 0 aromatic carbocycles. The molecule has 190 valence electrons. The van der Waals surface area contributed by atoms with Crippen LogP contribution in [0.15, 0.2) is 0 Å². The third-order valence-electron chi connectivity index (χ3n) is 8.91. The number of likely N-dealkylation sites (tertiary alicyclic amines) is 1. The van der Waals surface area contributed by atoms with Crippen molar-refractivity contribution in [3.8, 4) is 6.07 Å². The molecule has 4 aliphatic rings. The van der Waals surface area contributed by atoms with Crippen LogP contribution in [0, 0.1) is 29.1 Å². The van der Waals surface area contributed by atoms with Crippen LogP contribution in [-0.2, 0) is 14.3 Å². The molecule has 2 amide bonds. The number of morpholine rings is 1. The van der Waals surface area contributed by atoms with Crippen LogP contribution in [0.3, 0.4) is 0 Å². The van der Waals surface area contributed by atoms with E-state index in [1.165, 1.54) is 44.9 Å². The first-order valence-electron chi connectivity index (χ1n) is 13.8. The summed E-state index contributed by atoms with van der Waals surface area (Å²) in [4.78, 5) is 31.0. The summed E-state index contributed by atoms with van der Waals surface area (Å²) >= 11 is 0. The van der Waals surface area contributed by atoms with Crippen LogP contribution in [0.1, 0.15) is 84.0 Å². The second-order valence-electron chi connectivity index (χ2n) is 11.4. The van der Waals surface area contributed by atoms with E-state index in [1.807, 2.05) is 4.90 Å². The number of rotatable bonds is 7. The van der Waals surface area contributed by atoms with Gasteiger partial charge in [0, 0.05) is 44.6 Å². The van der Waals surface area contributed by atoms with Crippen molar-refractivity contribution >= 4 is 11.8 Å². The van der Waals surface area contributed by atoms with Crippen molar-refractivity contribution in [2.45, 2.75) is 95.6 Å². The molecule has 2 saturated heterocycles. The van der Waals surface area contributed by atoms with Crippen molar-refractivity contribution < 1.29 is 14.3 Å². The van der Waals surface area contributed by atoms with Crippen molar-refractivity contribution in [2.75, 3.05) is 39.4 Å². The van der Waals surface area contributed by atoms with Crippen LogP contribution in [0.4, 0.5) is 0 Å². The fourth-order valence-electron chi connectivity index (χ4n) is 6.78. The molecule has 7 nitrogen and oxygen atoms in total. The van der Waals surface area contributed by atoms with Crippen molar-refractivity contribution in [1.82, 2.24) is 15.1 Å². The van der Waals surface area contributed by atoms with Crippen LogP contribution in [-0.4, -0.2) is 72.6 Å². The summed E-state index contributed by atoms with van der Waals surface area (Å²) in [6.45, 7) is 6.14. The lowest BCUT2D eigenvalue weighted by Crippen LogP contribution is -2.53. The molecule has 4 atom stereocenters. The van der Waals surface area contributed by atoms with Gasteiger partial charge in [-0.1, -0.05) is 51.9 Å². The molecule has 0 aromatic heterocycles. The smallest absolute Gasteiger partial charge is 0.224 e. The van der Waals surface area contributed by atoms with Gasteiger partial charge in [0.05, 0.1) is 19.3 Å². The predicted octanol–water partition coefficient (Wildman–Crippen LogP) is 3.48. The number of hydrogen-bond acceptors (Lipinski definition) is 5. The van der Waals surface area contributed by atoms with Crippen molar-refractivity contribution in [3.63, 3.8) is 0 Å². The molecular weight excluding hydrogens is 428 g/mol. The Morgan fingerprint density at radius 1 is 1.06 bits per heavy atom. The molecule has 2 aliphatic carbocycles. The van der Waals surface area contributed by atoms with Gasteiger partial charge in [-0.3, -0.25) is 14.5 Å². The van der Waals surface area contributed by atoms with E-state index in [4.69, 9.17) is 4.74 Å². The topological polar surface area (TPSA) is 85.7 Å². The molecule has 7 heteroatoms. The number of carbonyl (C=O) groups excluding carboxylic acids is 2. The molecule has 1 N–H and O–H groups in total. The van der Waals surface area contributed by atoms with Gasteiger partial charge < -0.3 is 15.0 Å². The predicted molar refractivity (Wildman–Crippen MR) is 131 cm³/mol. The van der Waals surface area contributed by atoms with E-state index in [0.29, 0.717) is 57.1 Å². The van der Waals surface area contributed by atoms with E-state index >= 15 is 0 Å². The minimum Gasteiger partial charge on any atom is -0.378 e. The van der Waals surface area contributed by atoms with Crippen LogP contribution >= 0.6 is 0 Å². The molecule has 0 aromatic rings. The van der Waals surface area contributed by atoms with Crippen molar-refractivity contribution in [3.05, 3.63) is 0 Å². The van der Waals surface area contributed by atoms with E-state index in [9.17, 15) is 14.9 Å². The van der Waals surface area contributed by atoms with Gasteiger partial charge in [0.15, 0.2) is 0 Å². The second kappa shape index (κ2) is 11.9. The number of amides is 2. The van der Waals surface area contributed by atoms with Crippen LogP contribution in [0.5, 0.6) is 0 Å². The summed E-state index contributed by atoms with van der Waals surface area (Å²) in [5.41, 5.74) is -0.832. The molecule has 2 aliphatic heterocycles. The van der Waals surface area contributed by atoms with E-state index in [0.717, 1.165) is 25.8 Å². The molecule has 0 bridgehead atoms. The average molecular weight is 473 g/mol. The van der Waals surface area contributed by atoms with E-state index < -0.39 is 5.54 Å². The Kier molecular flexibility index (Phi) is 8.87. The Balaban J connectivity index is 1.41. The Labute approximate surface area is 205 Å². The van der Waals surface area contributed by atoms with Crippen molar-refractivity contribution in [2.24, 2.45) is 17.8 Å². The Morgan fingerprint density at radius 3 is 2.47 bits per heavy atom. The lowest BCUT2D eigenvalue weighted by molar-refractivity contribution is -0.140. The van der Waals surface area contributed by atoms with Crippen LogP contribution in [0.25, 0.3) is 0 Å². The third kappa shape index (κ3) is 6.31. The summed E-state index contributed by atoms with van der Waals surface area (Å²) in [5, 5.41) is 13.3. The molecule has 0 radical (unpaired) electrons. The fourth-order valence-corrected chi connectivity index (χ4v) is 6.78. The zero-order chi connectivity index (χ0) is 24.0. The molecular formula is C27H44N4O3. The zero-order valence-corrected chi connectivity index (χ0v) is 21.1. The Bertz CT molecular complexity index is 741. The molecule has 4 rings (SSSR count). The SMILES string of the molecule is C[C@@H]1CCCC[C@H]1N1CC[C@@](C#N)(NC(=O)[C@@H](CC(=O)N2CCOCC2)CC2CCCCC2)C1. The van der Waals surface area contributed by atoms with Gasteiger partial charge in [0.2, 0.25) is 11.8 Å². The summed E-state index contributed by atoms with van der Waals surface area (Å²) in [7, 11) is 0. The van der Waals surface area contributed by atoms with Crippen LogP contribution in [0.2, 0.25) is 0 Å². The lowest BCUT2D eigenvalue weighted by Gasteiger charge is -2.37. The van der Waals surface area contributed by atoms with E-state index in [1.54, 1.807) is 0 Å². The summed E-state index contributed by atoms with van der Waals surface area (Å²) < 4.78 is 5.39. The molecule has 34 heavy (non-hydrogen) atoms. The lowest BCUT2D eigenvalue weighted by atomic mass is 9.81. The minimum atomic E-state index is -0.832. The second-order valence-corrected chi connectivity index (χ2v) is 11.4. The monoisotopic (exact) mass is 472 g/mol. The maximum absolute atomic E-state index is 13.6. The maximum atomic E-state index is 13.6. The first kappa shape index (κ1) is 25.4. The highest BCUT2D eigenvalue weighted by molar-refractivity contribution is 5.86. The largest absolute Gasteiger partial charge is 0.378 e. The highest BCUT2D eigenvalue weighted by Gasteiger charge is 2.44. The first-order chi connectivity index (χ1) is 16.5. The number of nitriles is 1. The normalized spacial score (nSPS) is 32.2. The van der Waals surface area contributed by atoms with Gasteiger partial charge in [-0.25, -0.2) is 0 Å². The maximum Gasteiger partial charge on any atom is 0.224 e. The molecule has 0 spiro atoms. The molecule has 4 fully saturated rings. The summed E-state index contributed by atoms with van der Waals surface area (Å²) in [6.07, 6.45) is 12.7. The molecule has 2 saturated carbocycles. The number of ether oxygens (including phenoxy) is 1. The Hall–Kier alpha value is -1.65. The number of nitrogens with one attached hydrogen (secondary N) is 1. The Morgan fingerprint density at radius 2 is 1.76 bits per heavy atom. The summed E-state index contributed by atoms with van der Waals surface area (Å²) in [6, 6.07) is 3.00. The number of hydrogen-bond donors (Lipinski definition) is 1.